The van der Waals surface area contributed by atoms with Crippen LogP contribution in [0.5, 0.6) is 0 Å². The Morgan fingerprint density at radius 1 is 0.759 bits per heavy atom. The summed E-state index contributed by atoms with van der Waals surface area (Å²) in [5, 5.41) is 30.9. The molecule has 2 rings (SSSR count). The predicted octanol–water partition coefficient (Wildman–Crippen LogP) is 3.21. The van der Waals surface area contributed by atoms with Gasteiger partial charge in [0.2, 0.25) is 0 Å². The van der Waals surface area contributed by atoms with Gasteiger partial charge in [0.05, 0.1) is 32.6 Å². The third kappa shape index (κ3) is 21.2. The van der Waals surface area contributed by atoms with Crippen molar-refractivity contribution in [3.8, 4) is 0 Å². The molecule has 0 bridgehead atoms. The largest absolute Gasteiger partial charge is 0.488 e. The Balaban J connectivity index is 0.000000938. The lowest BCUT2D eigenvalue weighted by Gasteiger charge is -2.36. The second-order valence-corrected chi connectivity index (χ2v) is 14.0. The van der Waals surface area contributed by atoms with E-state index in [4.69, 9.17) is 19.5 Å². The van der Waals surface area contributed by atoms with Gasteiger partial charge in [0, 0.05) is 23.7 Å². The first-order valence-electron chi connectivity index (χ1n) is 19.9. The van der Waals surface area contributed by atoms with Gasteiger partial charge in [-0.25, -0.2) is 4.79 Å². The Labute approximate surface area is 328 Å². The summed E-state index contributed by atoms with van der Waals surface area (Å²) >= 11 is 0. The van der Waals surface area contributed by atoms with Crippen LogP contribution in [-0.4, -0.2) is 141 Å². The van der Waals surface area contributed by atoms with Crippen LogP contribution in [0.1, 0.15) is 71.9 Å². The highest BCUT2D eigenvalue weighted by atomic mass is 16.5. The van der Waals surface area contributed by atoms with Gasteiger partial charge in [0.15, 0.2) is 0 Å². The smallest absolute Gasteiger partial charge is 0.460 e. The van der Waals surface area contributed by atoms with Crippen LogP contribution < -0.4 is 16.2 Å². The summed E-state index contributed by atoms with van der Waals surface area (Å²) in [6.07, 6.45) is 3.95. The number of ether oxygens (including phenoxy) is 2. The number of nitrogens with zero attached hydrogens (tertiary/aromatic N) is 3. The summed E-state index contributed by atoms with van der Waals surface area (Å²) in [6, 6.07) is 15.4. The molecule has 0 aromatic heterocycles. The van der Waals surface area contributed by atoms with Gasteiger partial charge in [-0.05, 0) is 78.6 Å². The molecule has 0 atom stereocenters. The zero-order chi connectivity index (χ0) is 41.0. The second-order valence-electron chi connectivity index (χ2n) is 14.0. The van der Waals surface area contributed by atoms with Crippen molar-refractivity contribution in [1.82, 2.24) is 10.2 Å². The van der Waals surface area contributed by atoms with E-state index in [9.17, 15) is 14.6 Å². The molecule has 0 radical (unpaired) electrons. The number of nitrogens with one attached hydrogen (secondary N) is 1. The molecule has 11 nitrogen and oxygen atoms in total. The highest BCUT2D eigenvalue weighted by Crippen LogP contribution is 2.15. The molecule has 304 valence electrons. The molecular formula is C41H74B2N4O7+2. The Morgan fingerprint density at radius 2 is 1.22 bits per heavy atom. The maximum absolute atomic E-state index is 12.0. The van der Waals surface area contributed by atoms with Crippen LogP contribution in [0.15, 0.2) is 61.2 Å². The summed E-state index contributed by atoms with van der Waals surface area (Å²) in [6.45, 7) is 28.4. The fraction of sp³-hybridized carbons (Fsp3) is 0.610. The summed E-state index contributed by atoms with van der Waals surface area (Å²) in [5.74, 6) is -0.504. The van der Waals surface area contributed by atoms with Gasteiger partial charge in [-0.3, -0.25) is 4.79 Å². The predicted molar refractivity (Wildman–Crippen MR) is 225 cm³/mol. The molecule has 0 spiro atoms. The average molecular weight is 757 g/mol. The normalized spacial score (nSPS) is 11.1. The van der Waals surface area contributed by atoms with Crippen LogP contribution in [0, 0.1) is 0 Å². The van der Waals surface area contributed by atoms with Crippen LogP contribution >= 0.6 is 0 Å². The van der Waals surface area contributed by atoms with E-state index in [2.05, 4.69) is 70.5 Å². The minimum atomic E-state index is -1.44. The Kier molecular flexibility index (Phi) is 27.6. The maximum Gasteiger partial charge on any atom is 0.488 e. The van der Waals surface area contributed by atoms with Crippen molar-refractivity contribution in [2.75, 3.05) is 86.2 Å². The molecule has 0 aliphatic heterocycles. The lowest BCUT2D eigenvalue weighted by atomic mass is 9.64. The second kappa shape index (κ2) is 29.3. The van der Waals surface area contributed by atoms with Crippen molar-refractivity contribution >= 4 is 36.9 Å². The fourth-order valence-electron chi connectivity index (χ4n) is 6.01. The van der Waals surface area contributed by atoms with E-state index < -0.39 is 20.0 Å². The molecule has 4 N–H and O–H groups in total. The van der Waals surface area contributed by atoms with Crippen molar-refractivity contribution in [3.63, 3.8) is 0 Å². The number of hydrogen-bond acceptors (Lipinski definition) is 9. The van der Waals surface area contributed by atoms with E-state index in [1.807, 2.05) is 38.4 Å². The van der Waals surface area contributed by atoms with Gasteiger partial charge in [0.25, 0.3) is 0 Å². The van der Waals surface area contributed by atoms with Crippen molar-refractivity contribution < 1.29 is 43.1 Å². The molecule has 0 unspecified atom stereocenters. The highest BCUT2D eigenvalue weighted by Gasteiger charge is 2.26. The maximum atomic E-state index is 12.0. The van der Waals surface area contributed by atoms with Gasteiger partial charge in [-0.2, -0.15) is 0 Å². The molecule has 2 aromatic rings. The minimum Gasteiger partial charge on any atom is -0.460 e. The SMILES string of the molecule is C=CC(=O)OCC[N+](CC)(CC)Cc1ccc(B(O)O)cc1.CCCN(C)CCC(=O)OCC[N+](CC)(CC)Cc1ccc(B(C)O)cc1.CCCNC. The molecule has 0 aliphatic rings. The van der Waals surface area contributed by atoms with Crippen LogP contribution in [0.25, 0.3) is 0 Å². The number of carbonyl (C=O) groups excluding carboxylic acids is 2. The first-order chi connectivity index (χ1) is 25.7. The molecule has 13 heteroatoms. The third-order valence-electron chi connectivity index (χ3n) is 10.1. The standard InChI is InChI=1S/C21H38BN2O3.C16H25BNO4.C4H11N/c1-6-14-23(5)15-13-21(25)27-17-16-24(7-2,8-3)18-19-9-11-20(12-10-19)22(4)26;1-4-16(19)22-12-11-18(5-2,6-3)13-14-7-9-15(10-8-14)17(20)21;1-3-4-5-2/h9-12,26H,6-8,13-18H2,1-5H3;4,7-10,20-21H,1,5-6,11-13H2,2-3H3;5H,3-4H2,1-2H3/q2*+1;. The van der Waals surface area contributed by atoms with Gasteiger partial charge in [-0.1, -0.05) is 75.8 Å². The summed E-state index contributed by atoms with van der Waals surface area (Å²) < 4.78 is 12.3. The van der Waals surface area contributed by atoms with Gasteiger partial charge < -0.3 is 43.7 Å². The van der Waals surface area contributed by atoms with E-state index in [0.29, 0.717) is 25.1 Å². The number of rotatable bonds is 24. The Bertz CT molecular complexity index is 1270. The Morgan fingerprint density at radius 3 is 1.57 bits per heavy atom. The van der Waals surface area contributed by atoms with E-state index in [1.54, 1.807) is 19.0 Å². The van der Waals surface area contributed by atoms with Crippen LogP contribution in [0.3, 0.4) is 0 Å². The van der Waals surface area contributed by atoms with Gasteiger partial charge in [-0.15, -0.1) is 0 Å². The minimum absolute atomic E-state index is 0.107. The number of benzene rings is 2. The fourth-order valence-corrected chi connectivity index (χ4v) is 6.01. The first kappa shape index (κ1) is 51.0. The van der Waals surface area contributed by atoms with E-state index in [1.165, 1.54) is 18.1 Å². The highest BCUT2D eigenvalue weighted by molar-refractivity contribution is 6.64. The van der Waals surface area contributed by atoms with Crippen molar-refractivity contribution in [2.45, 2.75) is 80.7 Å². The van der Waals surface area contributed by atoms with E-state index in [-0.39, 0.29) is 5.97 Å². The Hall–Kier alpha value is -3.03. The third-order valence-corrected chi connectivity index (χ3v) is 10.1. The van der Waals surface area contributed by atoms with Crippen LogP contribution in [0.4, 0.5) is 0 Å². The summed E-state index contributed by atoms with van der Waals surface area (Å²) in [7, 11) is 2.56. The van der Waals surface area contributed by atoms with E-state index >= 15 is 0 Å². The topological polar surface area (TPSA) is 129 Å². The molecular weight excluding hydrogens is 682 g/mol. The molecule has 0 aliphatic carbocycles. The lowest BCUT2D eigenvalue weighted by molar-refractivity contribution is -0.937. The zero-order valence-electron chi connectivity index (χ0n) is 35.2. The molecule has 0 amide bonds. The molecule has 0 saturated carbocycles. The van der Waals surface area contributed by atoms with Gasteiger partial charge >= 0.3 is 26.0 Å². The molecule has 0 fully saturated rings. The van der Waals surface area contributed by atoms with Crippen molar-refractivity contribution in [1.29, 1.82) is 0 Å². The molecule has 54 heavy (non-hydrogen) atoms. The quantitative estimate of drug-likeness (QED) is 0.0553. The number of esters is 2. The lowest BCUT2D eigenvalue weighted by Crippen LogP contribution is -2.49. The number of quaternary nitrogens is 2. The van der Waals surface area contributed by atoms with Crippen LogP contribution in [-0.2, 0) is 32.2 Å². The summed E-state index contributed by atoms with van der Waals surface area (Å²) in [5.41, 5.74) is 3.78. The summed E-state index contributed by atoms with van der Waals surface area (Å²) in [4.78, 5) is 25.3. The number of likely N-dealkylation sites (N-methyl/N-ethyl adjacent to an activating group) is 2. The average Bonchev–Trinajstić information content (AvgIpc) is 3.17. The van der Waals surface area contributed by atoms with Gasteiger partial charge in [0.1, 0.15) is 39.4 Å². The first-order valence-corrected chi connectivity index (χ1v) is 19.9. The number of carbonyl (C=O) groups is 2. The van der Waals surface area contributed by atoms with Crippen molar-refractivity contribution in [3.05, 3.63) is 72.3 Å². The zero-order valence-corrected chi connectivity index (χ0v) is 35.2. The van der Waals surface area contributed by atoms with Crippen LogP contribution in [0.2, 0.25) is 6.82 Å². The molecule has 2 aromatic carbocycles. The monoisotopic (exact) mass is 757 g/mol. The van der Waals surface area contributed by atoms with E-state index in [0.717, 1.165) is 98.4 Å². The molecule has 0 saturated heterocycles. The molecule has 0 heterocycles. The number of hydrogen-bond donors (Lipinski definition) is 4. The van der Waals surface area contributed by atoms with Crippen molar-refractivity contribution in [2.24, 2.45) is 0 Å².